The molecule has 0 radical (unpaired) electrons. The molecule has 0 spiro atoms. The van der Waals surface area contributed by atoms with Crippen LogP contribution in [0.3, 0.4) is 0 Å². The minimum absolute atomic E-state index is 0.0327. The molecule has 0 aromatic heterocycles. The van der Waals surface area contributed by atoms with Gasteiger partial charge < -0.3 is 0 Å². The SMILES string of the molecule is Cc1ccc(Cl)c(NS(=O)(=O)c2cc(C#N)ccc2Cl)c1. The van der Waals surface area contributed by atoms with Crippen molar-refractivity contribution < 1.29 is 8.42 Å². The molecule has 21 heavy (non-hydrogen) atoms. The largest absolute Gasteiger partial charge is 0.278 e. The summed E-state index contributed by atoms with van der Waals surface area (Å²) in [6.45, 7) is 1.82. The van der Waals surface area contributed by atoms with Crippen LogP contribution in [0.2, 0.25) is 10.0 Å². The number of nitrogens with zero attached hydrogens (tertiary/aromatic N) is 1. The number of halogens is 2. The first-order valence-electron chi connectivity index (χ1n) is 5.82. The van der Waals surface area contributed by atoms with Crippen LogP contribution in [0.4, 0.5) is 5.69 Å². The summed E-state index contributed by atoms with van der Waals surface area (Å²) in [5.41, 5.74) is 1.32. The molecule has 2 rings (SSSR count). The number of anilines is 1. The maximum Gasteiger partial charge on any atom is 0.263 e. The third kappa shape index (κ3) is 3.48. The lowest BCUT2D eigenvalue weighted by Crippen LogP contribution is -2.14. The molecule has 0 fully saturated rings. The summed E-state index contributed by atoms with van der Waals surface area (Å²) in [4.78, 5) is -0.166. The van der Waals surface area contributed by atoms with E-state index in [2.05, 4.69) is 4.72 Å². The summed E-state index contributed by atoms with van der Waals surface area (Å²) in [7, 11) is -3.93. The number of sulfonamides is 1. The van der Waals surface area contributed by atoms with Crippen LogP contribution in [0.5, 0.6) is 0 Å². The third-order valence-electron chi connectivity index (χ3n) is 2.72. The molecule has 1 N–H and O–H groups in total. The lowest BCUT2D eigenvalue weighted by Gasteiger charge is -2.11. The van der Waals surface area contributed by atoms with E-state index in [-0.39, 0.29) is 26.2 Å². The molecule has 0 unspecified atom stereocenters. The Kier molecular flexibility index (Phi) is 4.43. The molecule has 0 saturated carbocycles. The van der Waals surface area contributed by atoms with E-state index >= 15 is 0 Å². The van der Waals surface area contributed by atoms with Gasteiger partial charge in [0.15, 0.2) is 0 Å². The molecule has 0 aliphatic heterocycles. The molecule has 0 amide bonds. The molecule has 108 valence electrons. The smallest absolute Gasteiger partial charge is 0.263 e. The first kappa shape index (κ1) is 15.6. The second-order valence-electron chi connectivity index (χ2n) is 4.35. The Morgan fingerprint density at radius 2 is 1.76 bits per heavy atom. The fourth-order valence-electron chi connectivity index (χ4n) is 1.70. The minimum Gasteiger partial charge on any atom is -0.278 e. The topological polar surface area (TPSA) is 70.0 Å². The van der Waals surface area contributed by atoms with Crippen molar-refractivity contribution in [1.29, 1.82) is 5.26 Å². The van der Waals surface area contributed by atoms with Crippen LogP contribution in [0.25, 0.3) is 0 Å². The standard InChI is InChI=1S/C14H10Cl2N2O2S/c1-9-2-4-11(15)13(6-9)18-21(19,20)14-7-10(8-17)3-5-12(14)16/h2-7,18H,1H3. The summed E-state index contributed by atoms with van der Waals surface area (Å²) in [6.07, 6.45) is 0. The predicted molar refractivity (Wildman–Crippen MR) is 83.2 cm³/mol. The Morgan fingerprint density at radius 1 is 1.10 bits per heavy atom. The summed E-state index contributed by atoms with van der Waals surface area (Å²) in [5, 5.41) is 9.17. The predicted octanol–water partition coefficient (Wildman–Crippen LogP) is 3.97. The molecule has 0 heterocycles. The average molecular weight is 341 g/mol. The van der Waals surface area contributed by atoms with E-state index in [1.165, 1.54) is 18.2 Å². The van der Waals surface area contributed by atoms with Gasteiger partial charge in [0.2, 0.25) is 0 Å². The molecule has 0 saturated heterocycles. The van der Waals surface area contributed by atoms with Crippen LogP contribution < -0.4 is 4.72 Å². The van der Waals surface area contributed by atoms with Gasteiger partial charge in [-0.1, -0.05) is 29.3 Å². The Balaban J connectivity index is 2.48. The van der Waals surface area contributed by atoms with Crippen molar-refractivity contribution in [2.45, 2.75) is 11.8 Å². The molecule has 7 heteroatoms. The van der Waals surface area contributed by atoms with Gasteiger partial charge in [0, 0.05) is 0 Å². The van der Waals surface area contributed by atoms with E-state index in [0.29, 0.717) is 0 Å². The summed E-state index contributed by atoms with van der Waals surface area (Å²) >= 11 is 11.9. The molecule has 0 aliphatic carbocycles. The number of hydrogen-bond donors (Lipinski definition) is 1. The summed E-state index contributed by atoms with van der Waals surface area (Å²) < 4.78 is 27.2. The number of nitrogens with one attached hydrogen (secondary N) is 1. The molecule has 2 aromatic rings. The van der Waals surface area contributed by atoms with E-state index in [1.54, 1.807) is 18.2 Å². The molecule has 0 atom stereocenters. The number of aryl methyl sites for hydroxylation is 1. The van der Waals surface area contributed by atoms with Crippen molar-refractivity contribution in [3.8, 4) is 6.07 Å². The summed E-state index contributed by atoms with van der Waals surface area (Å²) in [6, 6.07) is 10.9. The zero-order valence-corrected chi connectivity index (χ0v) is 13.2. The minimum atomic E-state index is -3.93. The molecular weight excluding hydrogens is 331 g/mol. The van der Waals surface area contributed by atoms with E-state index in [1.807, 2.05) is 13.0 Å². The number of nitriles is 1. The second-order valence-corrected chi connectivity index (χ2v) is 6.81. The van der Waals surface area contributed by atoms with E-state index in [4.69, 9.17) is 28.5 Å². The van der Waals surface area contributed by atoms with Crippen molar-refractivity contribution in [2.75, 3.05) is 4.72 Å². The fourth-order valence-corrected chi connectivity index (χ4v) is 3.51. The van der Waals surface area contributed by atoms with Crippen LogP contribution >= 0.6 is 23.2 Å². The first-order valence-corrected chi connectivity index (χ1v) is 8.06. The van der Waals surface area contributed by atoms with Crippen LogP contribution in [-0.2, 0) is 10.0 Å². The number of benzene rings is 2. The van der Waals surface area contributed by atoms with Crippen molar-refractivity contribution >= 4 is 38.9 Å². The van der Waals surface area contributed by atoms with Gasteiger partial charge in [0.1, 0.15) is 4.90 Å². The zero-order valence-electron chi connectivity index (χ0n) is 10.9. The highest BCUT2D eigenvalue weighted by molar-refractivity contribution is 7.92. The van der Waals surface area contributed by atoms with Gasteiger partial charge >= 0.3 is 0 Å². The zero-order chi connectivity index (χ0) is 15.6. The monoisotopic (exact) mass is 340 g/mol. The van der Waals surface area contributed by atoms with Gasteiger partial charge in [-0.3, -0.25) is 4.72 Å². The van der Waals surface area contributed by atoms with Gasteiger partial charge in [-0.05, 0) is 42.8 Å². The normalized spacial score (nSPS) is 11.0. The van der Waals surface area contributed by atoms with E-state index in [9.17, 15) is 8.42 Å². The highest BCUT2D eigenvalue weighted by Gasteiger charge is 2.20. The van der Waals surface area contributed by atoms with E-state index < -0.39 is 10.0 Å². The highest BCUT2D eigenvalue weighted by atomic mass is 35.5. The van der Waals surface area contributed by atoms with Crippen LogP contribution in [0.1, 0.15) is 11.1 Å². The van der Waals surface area contributed by atoms with E-state index in [0.717, 1.165) is 5.56 Å². The average Bonchev–Trinajstić information content (AvgIpc) is 2.43. The first-order chi connectivity index (χ1) is 9.83. The lowest BCUT2D eigenvalue weighted by molar-refractivity contribution is 0.601. The van der Waals surface area contributed by atoms with Gasteiger partial charge in [0.25, 0.3) is 10.0 Å². The Morgan fingerprint density at radius 3 is 2.43 bits per heavy atom. The van der Waals surface area contributed by atoms with Gasteiger partial charge in [-0.2, -0.15) is 5.26 Å². The number of rotatable bonds is 3. The van der Waals surface area contributed by atoms with Crippen molar-refractivity contribution in [2.24, 2.45) is 0 Å². The Labute approximate surface area is 133 Å². The summed E-state index contributed by atoms with van der Waals surface area (Å²) in [5.74, 6) is 0. The Hall–Kier alpha value is -1.74. The van der Waals surface area contributed by atoms with Crippen molar-refractivity contribution in [1.82, 2.24) is 0 Å². The molecular formula is C14H10Cl2N2O2S. The Bertz CT molecular complexity index is 843. The van der Waals surface area contributed by atoms with Gasteiger partial charge in [0.05, 0.1) is 27.4 Å². The van der Waals surface area contributed by atoms with Gasteiger partial charge in [-0.15, -0.1) is 0 Å². The molecule has 0 aliphatic rings. The molecule has 2 aromatic carbocycles. The third-order valence-corrected chi connectivity index (χ3v) is 4.89. The molecule has 4 nitrogen and oxygen atoms in total. The van der Waals surface area contributed by atoms with Crippen LogP contribution in [-0.4, -0.2) is 8.42 Å². The number of hydrogen-bond acceptors (Lipinski definition) is 3. The van der Waals surface area contributed by atoms with Crippen LogP contribution in [0, 0.1) is 18.3 Å². The second kappa shape index (κ2) is 5.94. The van der Waals surface area contributed by atoms with Crippen molar-refractivity contribution in [3.63, 3.8) is 0 Å². The van der Waals surface area contributed by atoms with Gasteiger partial charge in [-0.25, -0.2) is 8.42 Å². The van der Waals surface area contributed by atoms with Crippen molar-refractivity contribution in [3.05, 3.63) is 57.6 Å². The molecule has 0 bridgehead atoms. The highest BCUT2D eigenvalue weighted by Crippen LogP contribution is 2.28. The van der Waals surface area contributed by atoms with Crippen LogP contribution in [0.15, 0.2) is 41.3 Å². The quantitative estimate of drug-likeness (QED) is 0.918. The maximum absolute atomic E-state index is 12.4. The lowest BCUT2D eigenvalue weighted by atomic mass is 10.2. The maximum atomic E-state index is 12.4. The fraction of sp³-hybridized carbons (Fsp3) is 0.0714.